The molecule has 1 aromatic rings. The van der Waals surface area contributed by atoms with Gasteiger partial charge in [0.15, 0.2) is 0 Å². The lowest BCUT2D eigenvalue weighted by Crippen LogP contribution is -2.22. The zero-order valence-electron chi connectivity index (χ0n) is 11.8. The fourth-order valence-electron chi connectivity index (χ4n) is 1.34. The second-order valence-corrected chi connectivity index (χ2v) is 5.44. The monoisotopic (exact) mass is 418 g/mol. The van der Waals surface area contributed by atoms with Crippen LogP contribution in [0.5, 0.6) is 0 Å². The van der Waals surface area contributed by atoms with Gasteiger partial charge in [-0.15, -0.1) is 0 Å². The van der Waals surface area contributed by atoms with Crippen molar-refractivity contribution in [1.82, 2.24) is 9.78 Å². The summed E-state index contributed by atoms with van der Waals surface area (Å²) in [4.78, 5) is 12.1. The van der Waals surface area contributed by atoms with Crippen molar-refractivity contribution in [1.29, 1.82) is 0 Å². The number of aromatic nitrogens is 2. The molecule has 1 aromatic heterocycles. The zero-order chi connectivity index (χ0) is 15.7. The van der Waals surface area contributed by atoms with Crippen molar-refractivity contribution in [2.45, 2.75) is 6.92 Å². The topological polar surface area (TPSA) is 53.4 Å². The van der Waals surface area contributed by atoms with Crippen molar-refractivity contribution < 1.29 is 9.47 Å². The minimum atomic E-state index is -0.234. The van der Waals surface area contributed by atoms with Gasteiger partial charge in [-0.3, -0.25) is 4.79 Å². The highest BCUT2D eigenvalue weighted by atomic mass is 79.9. The van der Waals surface area contributed by atoms with Crippen LogP contribution in [0.15, 0.2) is 50.5 Å². The molecule has 0 unspecified atom stereocenters. The number of hydrogen-bond donors (Lipinski definition) is 0. The first kappa shape index (κ1) is 17.9. The summed E-state index contributed by atoms with van der Waals surface area (Å²) in [6.07, 6.45) is 10.2. The van der Waals surface area contributed by atoms with Gasteiger partial charge in [-0.05, 0) is 50.9 Å². The second kappa shape index (κ2) is 9.70. The molecular weight excluding hydrogens is 404 g/mol. The van der Waals surface area contributed by atoms with E-state index in [1.54, 1.807) is 43.9 Å². The fraction of sp³-hybridized carbons (Fsp3) is 0.286. The predicted molar refractivity (Wildman–Crippen MR) is 90.0 cm³/mol. The Bertz CT molecular complexity index is 607. The molecule has 7 heteroatoms. The average Bonchev–Trinajstić information content (AvgIpc) is 2.49. The van der Waals surface area contributed by atoms with Gasteiger partial charge in [0, 0.05) is 7.11 Å². The predicted octanol–water partition coefficient (Wildman–Crippen LogP) is 3.36. The van der Waals surface area contributed by atoms with Crippen molar-refractivity contribution in [3.05, 3.63) is 56.1 Å². The van der Waals surface area contributed by atoms with Gasteiger partial charge in [0.05, 0.1) is 29.2 Å². The Labute approximate surface area is 140 Å². The molecule has 5 nitrogen and oxygen atoms in total. The SMILES string of the molecule is C\C=C(/C=C\C=C\OCCOC)n1ncc(Br)c(Br)c1=O. The van der Waals surface area contributed by atoms with Crippen LogP contribution in [-0.2, 0) is 9.47 Å². The third-order valence-corrected chi connectivity index (χ3v) is 4.27. The summed E-state index contributed by atoms with van der Waals surface area (Å²) < 4.78 is 12.4. The standard InChI is InChI=1S/C14H16Br2N2O3/c1-3-11(6-4-5-7-21-9-8-20-2)18-14(19)13(16)12(15)10-17-18/h3-7,10H,8-9H2,1-2H3/b6-4-,7-5+,11-3+. The molecule has 0 aromatic carbocycles. The molecule has 1 rings (SSSR count). The molecule has 0 saturated carbocycles. The van der Waals surface area contributed by atoms with E-state index < -0.39 is 0 Å². The number of ether oxygens (including phenoxy) is 2. The Morgan fingerprint density at radius 1 is 1.38 bits per heavy atom. The van der Waals surface area contributed by atoms with E-state index in [-0.39, 0.29) is 5.56 Å². The highest BCUT2D eigenvalue weighted by molar-refractivity contribution is 9.13. The van der Waals surface area contributed by atoms with Crippen LogP contribution in [0.1, 0.15) is 6.92 Å². The van der Waals surface area contributed by atoms with Gasteiger partial charge >= 0.3 is 0 Å². The number of methoxy groups -OCH3 is 1. The maximum atomic E-state index is 12.1. The molecule has 0 radical (unpaired) electrons. The summed E-state index contributed by atoms with van der Waals surface area (Å²) in [5.74, 6) is 0. The summed E-state index contributed by atoms with van der Waals surface area (Å²) in [7, 11) is 1.62. The van der Waals surface area contributed by atoms with E-state index >= 15 is 0 Å². The van der Waals surface area contributed by atoms with Crippen LogP contribution in [0.25, 0.3) is 5.70 Å². The van der Waals surface area contributed by atoms with Crippen LogP contribution < -0.4 is 5.56 Å². The lowest BCUT2D eigenvalue weighted by atomic mass is 10.3. The fourth-order valence-corrected chi connectivity index (χ4v) is 1.87. The van der Waals surface area contributed by atoms with E-state index in [9.17, 15) is 4.79 Å². The number of allylic oxidation sites excluding steroid dienone is 5. The summed E-state index contributed by atoms with van der Waals surface area (Å²) in [5, 5.41) is 4.09. The van der Waals surface area contributed by atoms with Gasteiger partial charge in [-0.1, -0.05) is 12.2 Å². The highest BCUT2D eigenvalue weighted by Gasteiger charge is 2.07. The van der Waals surface area contributed by atoms with Crippen molar-refractivity contribution in [2.75, 3.05) is 20.3 Å². The van der Waals surface area contributed by atoms with Crippen LogP contribution in [-0.4, -0.2) is 30.1 Å². The molecule has 0 amide bonds. The molecule has 1 heterocycles. The van der Waals surface area contributed by atoms with Crippen LogP contribution >= 0.6 is 31.9 Å². The third-order valence-electron chi connectivity index (χ3n) is 2.37. The van der Waals surface area contributed by atoms with E-state index in [0.717, 1.165) is 0 Å². The Kier molecular flexibility index (Phi) is 8.26. The van der Waals surface area contributed by atoms with Crippen molar-refractivity contribution >= 4 is 37.6 Å². The van der Waals surface area contributed by atoms with E-state index in [2.05, 4.69) is 37.0 Å². The Morgan fingerprint density at radius 2 is 2.14 bits per heavy atom. The van der Waals surface area contributed by atoms with Gasteiger partial charge in [0.1, 0.15) is 11.1 Å². The molecule has 0 bridgehead atoms. The first-order chi connectivity index (χ1) is 10.1. The van der Waals surface area contributed by atoms with Crippen LogP contribution in [0, 0.1) is 0 Å². The first-order valence-electron chi connectivity index (χ1n) is 6.15. The average molecular weight is 420 g/mol. The van der Waals surface area contributed by atoms with Gasteiger partial charge in [-0.2, -0.15) is 9.78 Å². The van der Waals surface area contributed by atoms with Crippen molar-refractivity contribution in [2.24, 2.45) is 0 Å². The van der Waals surface area contributed by atoms with E-state index in [0.29, 0.717) is 27.9 Å². The van der Waals surface area contributed by atoms with Crippen LogP contribution in [0.3, 0.4) is 0 Å². The number of nitrogens with zero attached hydrogens (tertiary/aromatic N) is 2. The minimum absolute atomic E-state index is 0.234. The van der Waals surface area contributed by atoms with Crippen LogP contribution in [0.2, 0.25) is 0 Å². The number of halogens is 2. The lowest BCUT2D eigenvalue weighted by molar-refractivity contribution is 0.123. The molecule has 0 N–H and O–H groups in total. The van der Waals surface area contributed by atoms with Crippen molar-refractivity contribution in [3.63, 3.8) is 0 Å². The van der Waals surface area contributed by atoms with E-state index in [4.69, 9.17) is 9.47 Å². The van der Waals surface area contributed by atoms with Gasteiger partial charge in [0.2, 0.25) is 0 Å². The lowest BCUT2D eigenvalue weighted by Gasteiger charge is -2.05. The van der Waals surface area contributed by atoms with E-state index in [1.807, 2.05) is 6.92 Å². The van der Waals surface area contributed by atoms with Crippen molar-refractivity contribution in [3.8, 4) is 0 Å². The highest BCUT2D eigenvalue weighted by Crippen LogP contribution is 2.17. The quantitative estimate of drug-likeness (QED) is 0.386. The smallest absolute Gasteiger partial charge is 0.286 e. The third kappa shape index (κ3) is 5.61. The van der Waals surface area contributed by atoms with Crippen LogP contribution in [0.4, 0.5) is 0 Å². The molecule has 0 fully saturated rings. The molecule has 0 atom stereocenters. The Morgan fingerprint density at radius 3 is 2.81 bits per heavy atom. The summed E-state index contributed by atoms with van der Waals surface area (Å²) >= 11 is 6.47. The normalized spacial score (nSPS) is 12.5. The molecular formula is C14H16Br2N2O3. The molecule has 114 valence electrons. The summed E-state index contributed by atoms with van der Waals surface area (Å²) in [6, 6.07) is 0. The molecule has 0 saturated heterocycles. The van der Waals surface area contributed by atoms with E-state index in [1.165, 1.54) is 4.68 Å². The number of hydrogen-bond acceptors (Lipinski definition) is 4. The van der Waals surface area contributed by atoms with Gasteiger partial charge < -0.3 is 9.47 Å². The zero-order valence-corrected chi connectivity index (χ0v) is 14.9. The molecule has 0 aliphatic carbocycles. The molecule has 0 aliphatic heterocycles. The van der Waals surface area contributed by atoms with Gasteiger partial charge in [-0.25, -0.2) is 0 Å². The maximum Gasteiger partial charge on any atom is 0.286 e. The Hall–Kier alpha value is -1.18. The first-order valence-corrected chi connectivity index (χ1v) is 7.74. The maximum absolute atomic E-state index is 12.1. The minimum Gasteiger partial charge on any atom is -0.499 e. The second-order valence-electron chi connectivity index (χ2n) is 3.79. The molecule has 21 heavy (non-hydrogen) atoms. The molecule has 0 spiro atoms. The number of rotatable bonds is 7. The van der Waals surface area contributed by atoms with Gasteiger partial charge in [0.25, 0.3) is 5.56 Å². The summed E-state index contributed by atoms with van der Waals surface area (Å²) in [6.45, 7) is 2.88. The Balaban J connectivity index is 2.77. The molecule has 0 aliphatic rings. The largest absolute Gasteiger partial charge is 0.499 e. The summed E-state index contributed by atoms with van der Waals surface area (Å²) in [5.41, 5.74) is 0.428.